The maximum Gasteiger partial charge on any atom is 0.242 e. The van der Waals surface area contributed by atoms with E-state index in [-0.39, 0.29) is 11.4 Å². The molecule has 0 fully saturated rings. The van der Waals surface area contributed by atoms with Crippen LogP contribution < -0.4 is 4.72 Å². The van der Waals surface area contributed by atoms with Crippen LogP contribution >= 0.6 is 0 Å². The van der Waals surface area contributed by atoms with E-state index < -0.39 is 10.0 Å². The second-order valence-corrected chi connectivity index (χ2v) is 6.13. The average molecular weight is 285 g/mol. The van der Waals surface area contributed by atoms with Crippen LogP contribution in [0, 0.1) is 19.3 Å². The van der Waals surface area contributed by atoms with Gasteiger partial charge in [-0.1, -0.05) is 53.9 Å². The molecule has 0 unspecified atom stereocenters. The van der Waals surface area contributed by atoms with Gasteiger partial charge < -0.3 is 0 Å². The summed E-state index contributed by atoms with van der Waals surface area (Å²) in [7, 11) is -3.61. The van der Waals surface area contributed by atoms with Crippen LogP contribution in [-0.2, 0) is 10.0 Å². The van der Waals surface area contributed by atoms with Gasteiger partial charge in [-0.05, 0) is 18.6 Å². The third-order valence-electron chi connectivity index (χ3n) is 2.87. The highest BCUT2D eigenvalue weighted by molar-refractivity contribution is 7.89. The summed E-state index contributed by atoms with van der Waals surface area (Å²) >= 11 is 0. The summed E-state index contributed by atoms with van der Waals surface area (Å²) in [6.07, 6.45) is 5.11. The van der Waals surface area contributed by atoms with Gasteiger partial charge in [0.25, 0.3) is 0 Å². The van der Waals surface area contributed by atoms with Crippen molar-refractivity contribution in [3.63, 3.8) is 0 Å². The number of aryl methyl sites for hydroxylation is 1. The van der Waals surface area contributed by atoms with Crippen LogP contribution in [0.3, 0.4) is 0 Å². The minimum Gasteiger partial charge on any atom is -0.207 e. The van der Waals surface area contributed by atoms with Gasteiger partial charge in [-0.3, -0.25) is 0 Å². The van der Waals surface area contributed by atoms with Crippen molar-refractivity contribution in [2.45, 2.75) is 11.8 Å². The Morgan fingerprint density at radius 2 is 1.90 bits per heavy atom. The smallest absolute Gasteiger partial charge is 0.207 e. The first-order chi connectivity index (χ1) is 9.54. The summed E-state index contributed by atoms with van der Waals surface area (Å²) in [5.74, 6) is 2.27. The van der Waals surface area contributed by atoms with E-state index in [4.69, 9.17) is 6.42 Å². The van der Waals surface area contributed by atoms with Gasteiger partial charge in [0.15, 0.2) is 0 Å². The summed E-state index contributed by atoms with van der Waals surface area (Å²) < 4.78 is 26.9. The molecule has 102 valence electrons. The fourth-order valence-corrected chi connectivity index (χ4v) is 3.13. The van der Waals surface area contributed by atoms with E-state index in [9.17, 15) is 8.42 Å². The zero-order valence-electron chi connectivity index (χ0n) is 11.1. The molecule has 4 heteroatoms. The normalized spacial score (nSPS) is 11.0. The number of hydrogen-bond donors (Lipinski definition) is 1. The van der Waals surface area contributed by atoms with Crippen LogP contribution in [0.4, 0.5) is 0 Å². The van der Waals surface area contributed by atoms with Gasteiger partial charge in [0.05, 0.1) is 11.4 Å². The molecule has 0 amide bonds. The van der Waals surface area contributed by atoms with Gasteiger partial charge in [-0.2, -0.15) is 4.72 Å². The second-order valence-electron chi connectivity index (χ2n) is 4.39. The minimum absolute atomic E-state index is 0.0233. The number of nitrogens with one attached hydrogen (secondary N) is 1. The van der Waals surface area contributed by atoms with Crippen molar-refractivity contribution in [1.29, 1.82) is 0 Å². The lowest BCUT2D eigenvalue weighted by molar-refractivity contribution is 0.586. The highest BCUT2D eigenvalue weighted by Gasteiger charge is 2.18. The van der Waals surface area contributed by atoms with Crippen molar-refractivity contribution in [2.75, 3.05) is 6.54 Å². The van der Waals surface area contributed by atoms with Gasteiger partial charge >= 0.3 is 0 Å². The van der Waals surface area contributed by atoms with E-state index in [0.29, 0.717) is 5.56 Å². The third kappa shape index (κ3) is 3.08. The first kappa shape index (κ1) is 14.3. The fraction of sp³-hybridized carbons (Fsp3) is 0.125. The Morgan fingerprint density at radius 1 is 1.15 bits per heavy atom. The monoisotopic (exact) mass is 285 g/mol. The van der Waals surface area contributed by atoms with E-state index in [1.807, 2.05) is 37.3 Å². The lowest BCUT2D eigenvalue weighted by Gasteiger charge is -2.11. The molecule has 0 radical (unpaired) electrons. The number of hydrogen-bond acceptors (Lipinski definition) is 2. The Bertz CT molecular complexity index is 758. The molecule has 0 aliphatic carbocycles. The van der Waals surface area contributed by atoms with Crippen LogP contribution in [-0.4, -0.2) is 15.0 Å². The lowest BCUT2D eigenvalue weighted by atomic mass is 10.0. The van der Waals surface area contributed by atoms with E-state index in [1.165, 1.54) is 0 Å². The van der Waals surface area contributed by atoms with Crippen LogP contribution in [0.5, 0.6) is 0 Å². The lowest BCUT2D eigenvalue weighted by Crippen LogP contribution is -2.24. The molecule has 0 atom stereocenters. The molecule has 0 saturated carbocycles. The van der Waals surface area contributed by atoms with Crippen molar-refractivity contribution in [3.05, 3.63) is 54.1 Å². The standard InChI is InChI=1S/C16H15NO2S/c1-3-11-17-20(18,19)16-10-5-4-9-15(16)14-8-6-7-13(2)12-14/h1,4-10,12,17H,11H2,2H3. The summed E-state index contributed by atoms with van der Waals surface area (Å²) in [6, 6.07) is 14.6. The summed E-state index contributed by atoms with van der Waals surface area (Å²) in [5.41, 5.74) is 2.61. The largest absolute Gasteiger partial charge is 0.242 e. The predicted octanol–water partition coefficient (Wildman–Crippen LogP) is 2.57. The SMILES string of the molecule is C#CCNS(=O)(=O)c1ccccc1-c1cccc(C)c1. The molecule has 0 bridgehead atoms. The molecule has 1 N–H and O–H groups in total. The Labute approximate surface area is 119 Å². The van der Waals surface area contributed by atoms with Crippen molar-refractivity contribution >= 4 is 10.0 Å². The Kier molecular flexibility index (Phi) is 4.23. The van der Waals surface area contributed by atoms with E-state index in [0.717, 1.165) is 11.1 Å². The first-order valence-electron chi connectivity index (χ1n) is 6.14. The quantitative estimate of drug-likeness (QED) is 0.878. The molecule has 0 heterocycles. The molecule has 2 aromatic rings. The van der Waals surface area contributed by atoms with Crippen molar-refractivity contribution in [1.82, 2.24) is 4.72 Å². The van der Waals surface area contributed by atoms with E-state index in [2.05, 4.69) is 10.6 Å². The predicted molar refractivity (Wildman–Crippen MR) is 80.6 cm³/mol. The highest BCUT2D eigenvalue weighted by Crippen LogP contribution is 2.27. The van der Waals surface area contributed by atoms with E-state index in [1.54, 1.807) is 18.2 Å². The van der Waals surface area contributed by atoms with E-state index >= 15 is 0 Å². The fourth-order valence-electron chi connectivity index (χ4n) is 1.97. The molecular formula is C16H15NO2S. The highest BCUT2D eigenvalue weighted by atomic mass is 32.2. The Morgan fingerprint density at radius 3 is 2.60 bits per heavy atom. The van der Waals surface area contributed by atoms with Gasteiger partial charge in [0, 0.05) is 5.56 Å². The molecule has 2 aromatic carbocycles. The molecule has 3 nitrogen and oxygen atoms in total. The van der Waals surface area contributed by atoms with Crippen LogP contribution in [0.15, 0.2) is 53.4 Å². The number of terminal acetylenes is 1. The molecule has 0 saturated heterocycles. The zero-order chi connectivity index (χ0) is 14.6. The van der Waals surface area contributed by atoms with Crippen molar-refractivity contribution in [3.8, 4) is 23.5 Å². The molecule has 0 spiro atoms. The Hall–Kier alpha value is -2.09. The van der Waals surface area contributed by atoms with Gasteiger partial charge in [0.1, 0.15) is 0 Å². The molecule has 0 aliphatic rings. The maximum atomic E-state index is 12.3. The molecular weight excluding hydrogens is 270 g/mol. The molecule has 0 aromatic heterocycles. The second kappa shape index (κ2) is 5.91. The molecule has 2 rings (SSSR count). The summed E-state index contributed by atoms with van der Waals surface area (Å²) in [4.78, 5) is 0.237. The average Bonchev–Trinajstić information content (AvgIpc) is 2.45. The molecule has 0 aliphatic heterocycles. The number of rotatable bonds is 4. The number of benzene rings is 2. The van der Waals surface area contributed by atoms with Gasteiger partial charge in [-0.15, -0.1) is 6.42 Å². The first-order valence-corrected chi connectivity index (χ1v) is 7.62. The third-order valence-corrected chi connectivity index (χ3v) is 4.33. The van der Waals surface area contributed by atoms with Gasteiger partial charge in [0.2, 0.25) is 10.0 Å². The Balaban J connectivity index is 2.55. The maximum absolute atomic E-state index is 12.3. The van der Waals surface area contributed by atoms with Crippen LogP contribution in [0.1, 0.15) is 5.56 Å². The minimum atomic E-state index is -3.61. The van der Waals surface area contributed by atoms with Crippen molar-refractivity contribution < 1.29 is 8.42 Å². The number of sulfonamides is 1. The topological polar surface area (TPSA) is 46.2 Å². The van der Waals surface area contributed by atoms with Crippen LogP contribution in [0.25, 0.3) is 11.1 Å². The molecule has 20 heavy (non-hydrogen) atoms. The summed E-state index contributed by atoms with van der Waals surface area (Å²) in [6.45, 7) is 1.95. The van der Waals surface area contributed by atoms with Crippen molar-refractivity contribution in [2.24, 2.45) is 0 Å². The van der Waals surface area contributed by atoms with Crippen LogP contribution in [0.2, 0.25) is 0 Å². The summed E-state index contributed by atoms with van der Waals surface area (Å²) in [5, 5.41) is 0. The zero-order valence-corrected chi connectivity index (χ0v) is 11.9. The van der Waals surface area contributed by atoms with Gasteiger partial charge in [-0.25, -0.2) is 8.42 Å².